The first-order valence-electron chi connectivity index (χ1n) is 9.47. The van der Waals surface area contributed by atoms with Crippen molar-refractivity contribution in [3.8, 4) is 11.5 Å². The van der Waals surface area contributed by atoms with Crippen LogP contribution in [0.3, 0.4) is 0 Å². The van der Waals surface area contributed by atoms with Crippen LogP contribution in [0.1, 0.15) is 12.0 Å². The number of anilines is 2. The summed E-state index contributed by atoms with van der Waals surface area (Å²) in [7, 11) is 3.03. The molecule has 8 nitrogen and oxygen atoms in total. The van der Waals surface area contributed by atoms with E-state index in [9.17, 15) is 14.4 Å². The second kappa shape index (κ2) is 9.30. The lowest BCUT2D eigenvalue weighted by molar-refractivity contribution is -0.151. The smallest absolute Gasteiger partial charge is 0.311 e. The number of ether oxygens (including phenoxy) is 3. The zero-order valence-corrected chi connectivity index (χ0v) is 17.1. The first-order chi connectivity index (χ1) is 14.4. The van der Waals surface area contributed by atoms with Crippen molar-refractivity contribution < 1.29 is 28.6 Å². The lowest BCUT2D eigenvalue weighted by atomic mass is 10.1. The molecular formula is C22H24N2O6. The molecule has 1 heterocycles. The molecule has 1 fully saturated rings. The van der Waals surface area contributed by atoms with Crippen LogP contribution in [-0.2, 0) is 19.1 Å². The number of rotatable bonds is 7. The number of carbonyl (C=O) groups is 3. The largest absolute Gasteiger partial charge is 0.495 e. The number of hydrogen-bond acceptors (Lipinski definition) is 6. The fourth-order valence-corrected chi connectivity index (χ4v) is 3.31. The molecule has 0 radical (unpaired) electrons. The van der Waals surface area contributed by atoms with Crippen LogP contribution in [0.4, 0.5) is 11.4 Å². The van der Waals surface area contributed by atoms with Crippen LogP contribution < -0.4 is 19.7 Å². The molecular weight excluding hydrogens is 388 g/mol. The highest BCUT2D eigenvalue weighted by molar-refractivity contribution is 6.01. The standard InChI is InChI=1S/C22H24N2O6/c1-14-8-9-18(28-2)16(10-14)23-20(25)13-30-22(27)15-11-21(26)24(12-15)17-6-4-5-7-19(17)29-3/h4-10,15H,11-13H2,1-3H3,(H,23,25)/t15-/m0/s1. The zero-order valence-electron chi connectivity index (χ0n) is 17.1. The Kier molecular flexibility index (Phi) is 6.56. The van der Waals surface area contributed by atoms with Gasteiger partial charge in [0.15, 0.2) is 6.61 Å². The highest BCUT2D eigenvalue weighted by Crippen LogP contribution is 2.33. The van der Waals surface area contributed by atoms with E-state index < -0.39 is 24.4 Å². The number of carbonyl (C=O) groups excluding carboxylic acids is 3. The summed E-state index contributed by atoms with van der Waals surface area (Å²) in [4.78, 5) is 38.5. The van der Waals surface area contributed by atoms with Crippen molar-refractivity contribution in [3.63, 3.8) is 0 Å². The quantitative estimate of drug-likeness (QED) is 0.703. The number of benzene rings is 2. The van der Waals surface area contributed by atoms with Gasteiger partial charge in [-0.05, 0) is 36.8 Å². The normalized spacial score (nSPS) is 15.6. The van der Waals surface area contributed by atoms with Gasteiger partial charge in [0.1, 0.15) is 11.5 Å². The summed E-state index contributed by atoms with van der Waals surface area (Å²) in [5.41, 5.74) is 2.05. The van der Waals surface area contributed by atoms with Crippen molar-refractivity contribution in [1.29, 1.82) is 0 Å². The van der Waals surface area contributed by atoms with Crippen molar-refractivity contribution in [2.24, 2.45) is 5.92 Å². The van der Waals surface area contributed by atoms with E-state index in [0.29, 0.717) is 22.9 Å². The molecule has 0 unspecified atom stereocenters. The predicted octanol–water partition coefficient (Wildman–Crippen LogP) is 2.55. The average Bonchev–Trinajstić information content (AvgIpc) is 3.13. The van der Waals surface area contributed by atoms with Crippen LogP contribution in [0.5, 0.6) is 11.5 Å². The van der Waals surface area contributed by atoms with E-state index in [2.05, 4.69) is 5.32 Å². The topological polar surface area (TPSA) is 94.2 Å². The summed E-state index contributed by atoms with van der Waals surface area (Å²) in [6.07, 6.45) is 0.0181. The van der Waals surface area contributed by atoms with Crippen LogP contribution in [-0.4, -0.2) is 45.2 Å². The molecule has 2 aromatic rings. The minimum absolute atomic E-state index is 0.0181. The first kappa shape index (κ1) is 21.2. The van der Waals surface area contributed by atoms with E-state index in [0.717, 1.165) is 5.56 Å². The van der Waals surface area contributed by atoms with Crippen LogP contribution in [0.15, 0.2) is 42.5 Å². The van der Waals surface area contributed by atoms with Gasteiger partial charge in [0.05, 0.1) is 31.5 Å². The van der Waals surface area contributed by atoms with Gasteiger partial charge in [-0.15, -0.1) is 0 Å². The SMILES string of the molecule is COc1ccc(C)cc1NC(=O)COC(=O)[C@H]1CC(=O)N(c2ccccc2OC)C1. The Morgan fingerprint density at radius 3 is 2.57 bits per heavy atom. The average molecular weight is 412 g/mol. The summed E-state index contributed by atoms with van der Waals surface area (Å²) >= 11 is 0. The van der Waals surface area contributed by atoms with E-state index in [1.165, 1.54) is 19.1 Å². The van der Waals surface area contributed by atoms with Crippen LogP contribution in [0.25, 0.3) is 0 Å². The van der Waals surface area contributed by atoms with Crippen molar-refractivity contribution in [2.45, 2.75) is 13.3 Å². The van der Waals surface area contributed by atoms with Gasteiger partial charge >= 0.3 is 5.97 Å². The van der Waals surface area contributed by atoms with E-state index in [-0.39, 0.29) is 18.9 Å². The molecule has 0 saturated carbocycles. The molecule has 0 spiro atoms. The van der Waals surface area contributed by atoms with Gasteiger partial charge < -0.3 is 24.4 Å². The Balaban J connectivity index is 1.57. The minimum atomic E-state index is -0.649. The molecule has 0 aliphatic carbocycles. The third-order valence-corrected chi connectivity index (χ3v) is 4.81. The Bertz CT molecular complexity index is 958. The molecule has 1 aliphatic heterocycles. The summed E-state index contributed by atoms with van der Waals surface area (Å²) in [5.74, 6) is -0.871. The van der Waals surface area contributed by atoms with E-state index in [1.54, 1.807) is 36.4 Å². The number of aryl methyl sites for hydroxylation is 1. The fourth-order valence-electron chi connectivity index (χ4n) is 3.31. The lowest BCUT2D eigenvalue weighted by Crippen LogP contribution is -2.28. The molecule has 3 rings (SSSR count). The van der Waals surface area contributed by atoms with E-state index in [1.807, 2.05) is 13.0 Å². The van der Waals surface area contributed by atoms with Gasteiger partial charge in [-0.2, -0.15) is 0 Å². The summed E-state index contributed by atoms with van der Waals surface area (Å²) in [5, 5.41) is 2.67. The van der Waals surface area contributed by atoms with Gasteiger partial charge in [0, 0.05) is 13.0 Å². The number of hydrogen-bond donors (Lipinski definition) is 1. The van der Waals surface area contributed by atoms with Crippen LogP contribution in [0.2, 0.25) is 0 Å². The van der Waals surface area contributed by atoms with E-state index in [4.69, 9.17) is 14.2 Å². The summed E-state index contributed by atoms with van der Waals surface area (Å²) in [6, 6.07) is 12.5. The highest BCUT2D eigenvalue weighted by atomic mass is 16.5. The minimum Gasteiger partial charge on any atom is -0.495 e. The molecule has 158 valence electrons. The van der Waals surface area contributed by atoms with Gasteiger partial charge in [-0.1, -0.05) is 18.2 Å². The monoisotopic (exact) mass is 412 g/mol. The Hall–Kier alpha value is -3.55. The number of nitrogens with zero attached hydrogens (tertiary/aromatic N) is 1. The summed E-state index contributed by atoms with van der Waals surface area (Å²) < 4.78 is 15.7. The molecule has 1 N–H and O–H groups in total. The number of nitrogens with one attached hydrogen (secondary N) is 1. The lowest BCUT2D eigenvalue weighted by Gasteiger charge is -2.19. The Morgan fingerprint density at radius 2 is 1.83 bits per heavy atom. The number of para-hydroxylation sites is 2. The zero-order chi connectivity index (χ0) is 21.7. The van der Waals surface area contributed by atoms with Crippen molar-refractivity contribution >= 4 is 29.2 Å². The van der Waals surface area contributed by atoms with Gasteiger partial charge in [-0.3, -0.25) is 14.4 Å². The van der Waals surface area contributed by atoms with E-state index >= 15 is 0 Å². The number of methoxy groups -OCH3 is 2. The molecule has 1 aliphatic rings. The highest BCUT2D eigenvalue weighted by Gasteiger charge is 2.37. The molecule has 8 heteroatoms. The maximum Gasteiger partial charge on any atom is 0.311 e. The van der Waals surface area contributed by atoms with Crippen LogP contribution in [0, 0.1) is 12.8 Å². The maximum atomic E-state index is 12.4. The molecule has 2 aromatic carbocycles. The Morgan fingerprint density at radius 1 is 1.10 bits per heavy atom. The number of amides is 2. The molecule has 2 amide bonds. The predicted molar refractivity (Wildman–Crippen MR) is 111 cm³/mol. The fraction of sp³-hybridized carbons (Fsp3) is 0.318. The molecule has 1 atom stereocenters. The summed E-state index contributed by atoms with van der Waals surface area (Å²) in [6.45, 7) is 1.61. The Labute approximate surface area is 174 Å². The van der Waals surface area contributed by atoms with Crippen molar-refractivity contribution in [2.75, 3.05) is 37.6 Å². The maximum absolute atomic E-state index is 12.4. The van der Waals surface area contributed by atoms with Crippen molar-refractivity contribution in [3.05, 3.63) is 48.0 Å². The first-order valence-corrected chi connectivity index (χ1v) is 9.47. The molecule has 0 bridgehead atoms. The third kappa shape index (κ3) is 4.71. The van der Waals surface area contributed by atoms with Crippen molar-refractivity contribution in [1.82, 2.24) is 0 Å². The second-order valence-corrected chi connectivity index (χ2v) is 6.94. The number of esters is 1. The molecule has 1 saturated heterocycles. The van der Waals surface area contributed by atoms with Gasteiger partial charge in [-0.25, -0.2) is 0 Å². The van der Waals surface area contributed by atoms with Gasteiger partial charge in [0.25, 0.3) is 5.91 Å². The third-order valence-electron chi connectivity index (χ3n) is 4.81. The second-order valence-electron chi connectivity index (χ2n) is 6.94. The molecule has 30 heavy (non-hydrogen) atoms. The molecule has 0 aromatic heterocycles. The van der Waals surface area contributed by atoms with Crippen LogP contribution >= 0.6 is 0 Å². The van der Waals surface area contributed by atoms with Gasteiger partial charge in [0.2, 0.25) is 5.91 Å².